The van der Waals surface area contributed by atoms with Crippen LogP contribution in [-0.4, -0.2) is 44.2 Å². The van der Waals surface area contributed by atoms with Crippen LogP contribution < -0.4 is 10.2 Å². The number of hydrogen-bond donors (Lipinski definition) is 1. The predicted octanol–water partition coefficient (Wildman–Crippen LogP) is 2.85. The summed E-state index contributed by atoms with van der Waals surface area (Å²) in [4.78, 5) is 27.1. The van der Waals surface area contributed by atoms with Crippen LogP contribution in [0.15, 0.2) is 53.4 Å². The van der Waals surface area contributed by atoms with E-state index in [1.165, 1.54) is 4.90 Å². The van der Waals surface area contributed by atoms with Gasteiger partial charge in [-0.15, -0.1) is 0 Å². The van der Waals surface area contributed by atoms with Gasteiger partial charge < -0.3 is 10.2 Å². The molecule has 0 bridgehead atoms. The summed E-state index contributed by atoms with van der Waals surface area (Å²) in [6, 6.07) is 14.5. The molecule has 2 aromatic carbocycles. The summed E-state index contributed by atoms with van der Waals surface area (Å²) in [6.07, 6.45) is 4.37. The van der Waals surface area contributed by atoms with Crippen LogP contribution in [0.25, 0.3) is 0 Å². The molecule has 8 heteroatoms. The third-order valence-electron chi connectivity index (χ3n) is 6.07. The molecule has 2 aliphatic heterocycles. The number of fused-ring (bicyclic) bond motifs is 1. The fraction of sp³-hybridized carbons (Fsp3) is 0.417. The summed E-state index contributed by atoms with van der Waals surface area (Å²) in [6.45, 7) is 1.40. The maximum Gasteiger partial charge on any atom is 0.243 e. The number of sulfonamides is 1. The van der Waals surface area contributed by atoms with E-state index in [0.29, 0.717) is 44.6 Å². The first-order valence-electron chi connectivity index (χ1n) is 11.2. The van der Waals surface area contributed by atoms with Gasteiger partial charge in [-0.1, -0.05) is 36.8 Å². The second kappa shape index (κ2) is 9.83. The Balaban J connectivity index is 1.52. The van der Waals surface area contributed by atoms with E-state index >= 15 is 0 Å². The van der Waals surface area contributed by atoms with Crippen molar-refractivity contribution in [2.75, 3.05) is 24.5 Å². The molecule has 4 rings (SSSR count). The molecule has 1 fully saturated rings. The second-order valence-corrected chi connectivity index (χ2v) is 10.3. The van der Waals surface area contributed by atoms with Gasteiger partial charge in [0.15, 0.2) is 0 Å². The Bertz CT molecular complexity index is 1080. The van der Waals surface area contributed by atoms with Gasteiger partial charge in [0.1, 0.15) is 6.54 Å². The van der Waals surface area contributed by atoms with Crippen LogP contribution in [0.3, 0.4) is 0 Å². The smallest absolute Gasteiger partial charge is 0.243 e. The number of carbonyl (C=O) groups excluding carboxylic acids is 2. The maximum atomic E-state index is 13.1. The Kier molecular flexibility index (Phi) is 6.91. The fourth-order valence-corrected chi connectivity index (χ4v) is 5.88. The van der Waals surface area contributed by atoms with E-state index in [4.69, 9.17) is 0 Å². The van der Waals surface area contributed by atoms with Crippen LogP contribution in [0.1, 0.15) is 43.2 Å². The summed E-state index contributed by atoms with van der Waals surface area (Å²) in [5.74, 6) is -0.370. The predicted molar refractivity (Wildman–Crippen MR) is 123 cm³/mol. The number of nitrogens with zero attached hydrogens (tertiary/aromatic N) is 2. The lowest BCUT2D eigenvalue weighted by Crippen LogP contribution is -2.40. The zero-order valence-electron chi connectivity index (χ0n) is 18.1. The molecule has 0 unspecified atom stereocenters. The molecule has 0 aromatic heterocycles. The SMILES string of the molecule is O=C(CN1C(=O)CCCc2cc(S(=O)(=O)N3CCCCC3)ccc21)NCc1ccccc1. The lowest BCUT2D eigenvalue weighted by molar-refractivity contribution is -0.123. The molecule has 0 radical (unpaired) electrons. The molecule has 2 aliphatic rings. The second-order valence-electron chi connectivity index (χ2n) is 8.35. The topological polar surface area (TPSA) is 86.8 Å². The number of benzene rings is 2. The number of nitrogens with one attached hydrogen (secondary N) is 1. The van der Waals surface area contributed by atoms with E-state index in [9.17, 15) is 18.0 Å². The van der Waals surface area contributed by atoms with Crippen molar-refractivity contribution < 1.29 is 18.0 Å². The minimum absolute atomic E-state index is 0.0864. The van der Waals surface area contributed by atoms with Crippen molar-refractivity contribution in [3.8, 4) is 0 Å². The third-order valence-corrected chi connectivity index (χ3v) is 7.96. The van der Waals surface area contributed by atoms with Crippen LogP contribution in [-0.2, 0) is 32.6 Å². The summed E-state index contributed by atoms with van der Waals surface area (Å²) in [7, 11) is -3.55. The minimum Gasteiger partial charge on any atom is -0.350 e. The van der Waals surface area contributed by atoms with E-state index in [1.807, 2.05) is 30.3 Å². The van der Waals surface area contributed by atoms with Crippen molar-refractivity contribution in [2.45, 2.75) is 50.0 Å². The Hall–Kier alpha value is -2.71. The Morgan fingerprint density at radius 2 is 1.69 bits per heavy atom. The van der Waals surface area contributed by atoms with E-state index in [1.54, 1.807) is 22.5 Å². The zero-order chi connectivity index (χ0) is 22.6. The molecule has 1 saturated heterocycles. The van der Waals surface area contributed by atoms with E-state index in [0.717, 1.165) is 30.4 Å². The molecule has 0 aliphatic carbocycles. The highest BCUT2D eigenvalue weighted by Gasteiger charge is 2.29. The molecule has 0 spiro atoms. The van der Waals surface area contributed by atoms with E-state index in [-0.39, 0.29) is 23.3 Å². The highest BCUT2D eigenvalue weighted by atomic mass is 32.2. The minimum atomic E-state index is -3.55. The summed E-state index contributed by atoms with van der Waals surface area (Å²) >= 11 is 0. The summed E-state index contributed by atoms with van der Waals surface area (Å²) < 4.78 is 27.7. The molecular formula is C24H29N3O4S. The van der Waals surface area contributed by atoms with E-state index in [2.05, 4.69) is 5.32 Å². The van der Waals surface area contributed by atoms with Gasteiger partial charge >= 0.3 is 0 Å². The monoisotopic (exact) mass is 455 g/mol. The molecule has 2 heterocycles. The van der Waals surface area contributed by atoms with Gasteiger partial charge in [0.25, 0.3) is 0 Å². The van der Waals surface area contributed by atoms with Crippen molar-refractivity contribution in [3.63, 3.8) is 0 Å². The van der Waals surface area contributed by atoms with Gasteiger partial charge in [-0.3, -0.25) is 9.59 Å². The first kappa shape index (κ1) is 22.5. The number of amides is 2. The molecule has 1 N–H and O–H groups in total. The molecule has 170 valence electrons. The maximum absolute atomic E-state index is 13.1. The van der Waals surface area contributed by atoms with Crippen LogP contribution in [0.5, 0.6) is 0 Å². The molecular weight excluding hydrogens is 426 g/mol. The molecule has 7 nitrogen and oxygen atoms in total. The number of anilines is 1. The molecule has 2 amide bonds. The van der Waals surface area contributed by atoms with Crippen LogP contribution in [0, 0.1) is 0 Å². The number of carbonyl (C=O) groups is 2. The van der Waals surface area contributed by atoms with Gasteiger partial charge in [0.2, 0.25) is 21.8 Å². The van der Waals surface area contributed by atoms with Crippen molar-refractivity contribution in [1.82, 2.24) is 9.62 Å². The van der Waals surface area contributed by atoms with Gasteiger partial charge in [0.05, 0.1) is 4.90 Å². The summed E-state index contributed by atoms with van der Waals surface area (Å²) in [5, 5.41) is 2.86. The molecule has 2 aromatic rings. The average Bonchev–Trinajstić information content (AvgIpc) is 2.97. The third kappa shape index (κ3) is 5.02. The number of aryl methyl sites for hydroxylation is 1. The number of rotatable bonds is 6. The zero-order valence-corrected chi connectivity index (χ0v) is 18.9. The van der Waals surface area contributed by atoms with Crippen molar-refractivity contribution in [1.29, 1.82) is 0 Å². The normalized spacial score (nSPS) is 17.5. The number of hydrogen-bond acceptors (Lipinski definition) is 4. The Labute approximate surface area is 189 Å². The fourth-order valence-electron chi connectivity index (χ4n) is 4.31. The largest absolute Gasteiger partial charge is 0.350 e. The van der Waals surface area contributed by atoms with Crippen LogP contribution >= 0.6 is 0 Å². The Morgan fingerprint density at radius 3 is 2.44 bits per heavy atom. The lowest BCUT2D eigenvalue weighted by atomic mass is 10.1. The van der Waals surface area contributed by atoms with Crippen molar-refractivity contribution in [2.24, 2.45) is 0 Å². The molecule has 0 saturated carbocycles. The highest BCUT2D eigenvalue weighted by molar-refractivity contribution is 7.89. The van der Waals surface area contributed by atoms with Gasteiger partial charge in [-0.2, -0.15) is 4.31 Å². The van der Waals surface area contributed by atoms with Crippen molar-refractivity contribution in [3.05, 3.63) is 59.7 Å². The van der Waals surface area contributed by atoms with Crippen molar-refractivity contribution >= 4 is 27.5 Å². The van der Waals surface area contributed by atoms with E-state index < -0.39 is 10.0 Å². The van der Waals surface area contributed by atoms with Crippen LogP contribution in [0.2, 0.25) is 0 Å². The van der Waals surface area contributed by atoms with Gasteiger partial charge in [-0.05, 0) is 55.0 Å². The van der Waals surface area contributed by atoms with Gasteiger partial charge in [-0.25, -0.2) is 8.42 Å². The highest BCUT2D eigenvalue weighted by Crippen LogP contribution is 2.31. The molecule has 0 atom stereocenters. The van der Waals surface area contributed by atoms with Crippen LogP contribution in [0.4, 0.5) is 5.69 Å². The quantitative estimate of drug-likeness (QED) is 0.726. The number of piperidine rings is 1. The lowest BCUT2D eigenvalue weighted by Gasteiger charge is -2.27. The summed E-state index contributed by atoms with van der Waals surface area (Å²) in [5.41, 5.74) is 2.40. The Morgan fingerprint density at radius 1 is 0.938 bits per heavy atom. The average molecular weight is 456 g/mol. The standard InChI is InChI=1S/C24H29N3O4S/c28-23(25-17-19-8-3-1-4-9-19)18-27-22-13-12-21(16-20(22)10-7-11-24(27)29)32(30,31)26-14-5-2-6-15-26/h1,3-4,8-9,12-13,16H,2,5-7,10-11,14-15,17-18H2,(H,25,28). The first-order valence-corrected chi connectivity index (χ1v) is 12.6. The first-order chi connectivity index (χ1) is 15.4. The van der Waals surface area contributed by atoms with Gasteiger partial charge in [0, 0.05) is 31.7 Å². The molecule has 32 heavy (non-hydrogen) atoms.